The van der Waals surface area contributed by atoms with E-state index in [1.54, 1.807) is 84.9 Å². The van der Waals surface area contributed by atoms with Gasteiger partial charge in [0.2, 0.25) is 0 Å². The number of hydrogen-bond acceptors (Lipinski definition) is 4. The molecule has 0 unspecified atom stereocenters. The number of allylic oxidation sites excluding steroid dienone is 2. The van der Waals surface area contributed by atoms with Crippen LogP contribution in [0.2, 0.25) is 0 Å². The fraction of sp³-hybridized carbons (Fsp3) is 0.100. The van der Waals surface area contributed by atoms with Gasteiger partial charge in [0.1, 0.15) is 0 Å². The summed E-state index contributed by atoms with van der Waals surface area (Å²) in [6.45, 7) is 11.1. The van der Waals surface area contributed by atoms with Gasteiger partial charge in [-0.2, -0.15) is 0 Å². The highest BCUT2D eigenvalue weighted by molar-refractivity contribution is 5.91. The monoisotopic (exact) mass is 644 g/mol. The van der Waals surface area contributed by atoms with E-state index in [1.165, 1.54) is 0 Å². The Labute approximate surface area is 279 Å². The van der Waals surface area contributed by atoms with Gasteiger partial charge in [-0.3, -0.25) is 0 Å². The molecule has 0 bridgehead atoms. The first kappa shape index (κ1) is 36.2. The van der Waals surface area contributed by atoms with E-state index < -0.39 is 23.9 Å². The number of benzene rings is 4. The van der Waals surface area contributed by atoms with Gasteiger partial charge in [-0.1, -0.05) is 60.7 Å². The lowest BCUT2D eigenvalue weighted by Crippen LogP contribution is -1.99. The second kappa shape index (κ2) is 16.9. The van der Waals surface area contributed by atoms with Crippen molar-refractivity contribution in [2.45, 2.75) is 26.7 Å². The molecule has 0 saturated heterocycles. The summed E-state index contributed by atoms with van der Waals surface area (Å²) in [6, 6.07) is 19.8. The van der Waals surface area contributed by atoms with Gasteiger partial charge in [-0.25, -0.2) is 19.2 Å². The van der Waals surface area contributed by atoms with Crippen molar-refractivity contribution in [1.82, 2.24) is 0 Å². The largest absolute Gasteiger partial charge is 0.478 e. The Hall–Kier alpha value is -6.28. The minimum absolute atomic E-state index is 0.233. The van der Waals surface area contributed by atoms with E-state index in [9.17, 15) is 19.2 Å². The van der Waals surface area contributed by atoms with E-state index in [-0.39, 0.29) is 22.3 Å². The molecule has 8 nitrogen and oxygen atoms in total. The molecule has 0 spiro atoms. The van der Waals surface area contributed by atoms with Crippen LogP contribution in [-0.4, -0.2) is 44.3 Å². The third-order valence-electron chi connectivity index (χ3n) is 7.43. The molecule has 244 valence electrons. The molecule has 0 fully saturated rings. The van der Waals surface area contributed by atoms with Crippen molar-refractivity contribution < 1.29 is 39.6 Å². The third-order valence-corrected chi connectivity index (χ3v) is 7.43. The molecule has 4 N–H and O–H groups in total. The average molecular weight is 645 g/mol. The smallest absolute Gasteiger partial charge is 0.335 e. The minimum atomic E-state index is -0.969. The van der Waals surface area contributed by atoms with Crippen LogP contribution < -0.4 is 0 Å². The van der Waals surface area contributed by atoms with E-state index in [4.69, 9.17) is 20.4 Å². The van der Waals surface area contributed by atoms with Crippen LogP contribution in [0, 0.1) is 13.8 Å². The molecule has 4 aromatic carbocycles. The molecule has 0 heterocycles. The van der Waals surface area contributed by atoms with Crippen molar-refractivity contribution in [3.63, 3.8) is 0 Å². The first-order chi connectivity index (χ1) is 22.8. The normalized spacial score (nSPS) is 10.7. The molecule has 0 amide bonds. The lowest BCUT2D eigenvalue weighted by atomic mass is 9.97. The number of carboxylic acid groups (broad SMARTS) is 4. The van der Waals surface area contributed by atoms with Crippen LogP contribution in [0.3, 0.4) is 0 Å². The topological polar surface area (TPSA) is 149 Å². The van der Waals surface area contributed by atoms with Gasteiger partial charge < -0.3 is 20.4 Å². The summed E-state index contributed by atoms with van der Waals surface area (Å²) in [4.78, 5) is 44.1. The molecule has 8 heteroatoms. The Morgan fingerprint density at radius 2 is 0.750 bits per heavy atom. The highest BCUT2D eigenvalue weighted by Gasteiger charge is 2.09. The van der Waals surface area contributed by atoms with E-state index in [0.717, 1.165) is 44.5 Å². The van der Waals surface area contributed by atoms with Crippen molar-refractivity contribution in [3.8, 4) is 0 Å². The predicted octanol–water partition coefficient (Wildman–Crippen LogP) is 8.58. The number of hydrogen-bond donors (Lipinski definition) is 4. The zero-order valence-corrected chi connectivity index (χ0v) is 26.6. The second-order valence-corrected chi connectivity index (χ2v) is 10.8. The maximum absolute atomic E-state index is 11.2. The fourth-order valence-corrected chi connectivity index (χ4v) is 4.82. The Bertz CT molecular complexity index is 1810. The Morgan fingerprint density at radius 1 is 0.479 bits per heavy atom. The van der Waals surface area contributed by atoms with Crippen molar-refractivity contribution in [2.75, 3.05) is 0 Å². The van der Waals surface area contributed by atoms with Crippen LogP contribution in [0.4, 0.5) is 0 Å². The lowest BCUT2D eigenvalue weighted by Gasteiger charge is -2.08. The van der Waals surface area contributed by atoms with E-state index in [0.29, 0.717) is 12.8 Å². The molecule has 0 aliphatic carbocycles. The van der Waals surface area contributed by atoms with Crippen LogP contribution >= 0.6 is 0 Å². The van der Waals surface area contributed by atoms with Gasteiger partial charge in [-0.15, -0.1) is 13.2 Å². The summed E-state index contributed by atoms with van der Waals surface area (Å²) < 4.78 is 0. The predicted molar refractivity (Wildman–Crippen MR) is 189 cm³/mol. The highest BCUT2D eigenvalue weighted by atomic mass is 16.4. The summed E-state index contributed by atoms with van der Waals surface area (Å²) in [5.41, 5.74) is 8.09. The van der Waals surface area contributed by atoms with Gasteiger partial charge in [0.25, 0.3) is 0 Å². The summed E-state index contributed by atoms with van der Waals surface area (Å²) in [5, 5.41) is 36.2. The molecule has 48 heavy (non-hydrogen) atoms. The zero-order valence-electron chi connectivity index (χ0n) is 26.6. The van der Waals surface area contributed by atoms with E-state index in [1.807, 2.05) is 38.2 Å². The van der Waals surface area contributed by atoms with Crippen LogP contribution in [-0.2, 0) is 12.8 Å². The molecule has 0 saturated carbocycles. The SMILES string of the molecule is C=CCc1cc(C(=O)O)ccc1/C=C/c1ccc(C(=O)O)cc1CC=C.Cc1cc(C(=O)O)ccc1/C=C/c1ccc(C(=O)O)cc1C. The minimum Gasteiger partial charge on any atom is -0.478 e. The van der Waals surface area contributed by atoms with Crippen LogP contribution in [0.25, 0.3) is 24.3 Å². The van der Waals surface area contributed by atoms with Crippen molar-refractivity contribution in [2.24, 2.45) is 0 Å². The number of carboxylic acids is 4. The lowest BCUT2D eigenvalue weighted by molar-refractivity contribution is 0.0686. The van der Waals surface area contributed by atoms with Gasteiger partial charge in [-0.05, 0) is 120 Å². The first-order valence-corrected chi connectivity index (χ1v) is 14.8. The second-order valence-electron chi connectivity index (χ2n) is 10.8. The highest BCUT2D eigenvalue weighted by Crippen LogP contribution is 2.21. The van der Waals surface area contributed by atoms with Crippen molar-refractivity contribution in [1.29, 1.82) is 0 Å². The third kappa shape index (κ3) is 9.86. The standard InChI is InChI=1S/C22H20O4.C18H16O4/c1-3-5-17-13-19(21(23)24)11-9-15(17)7-8-16-10-12-20(22(25)26)14-18(16)6-4-2;1-11-9-15(17(19)20)7-5-13(11)3-4-14-6-8-16(18(21)22)10-12(14)2/h3-4,7-14H,1-2,5-6H2,(H,23,24)(H,25,26);3-10H,1-2H3,(H,19,20)(H,21,22)/b8-7+;4-3+. The number of aromatic carboxylic acids is 4. The summed E-state index contributed by atoms with van der Waals surface area (Å²) in [6.07, 6.45) is 12.1. The fourth-order valence-electron chi connectivity index (χ4n) is 4.82. The first-order valence-electron chi connectivity index (χ1n) is 14.8. The van der Waals surface area contributed by atoms with Crippen molar-refractivity contribution >= 4 is 48.2 Å². The Morgan fingerprint density at radius 3 is 1.02 bits per heavy atom. The molecule has 0 aromatic heterocycles. The summed E-state index contributed by atoms with van der Waals surface area (Å²) in [7, 11) is 0. The molecule has 0 radical (unpaired) electrons. The molecule has 4 aromatic rings. The van der Waals surface area contributed by atoms with E-state index in [2.05, 4.69) is 13.2 Å². The average Bonchev–Trinajstić information content (AvgIpc) is 3.04. The van der Waals surface area contributed by atoms with Gasteiger partial charge >= 0.3 is 23.9 Å². The zero-order chi connectivity index (χ0) is 35.4. The number of aryl methyl sites for hydroxylation is 2. The van der Waals surface area contributed by atoms with Gasteiger partial charge in [0.15, 0.2) is 0 Å². The van der Waals surface area contributed by atoms with Gasteiger partial charge in [0.05, 0.1) is 22.3 Å². The number of rotatable bonds is 12. The summed E-state index contributed by atoms with van der Waals surface area (Å²) >= 11 is 0. The van der Waals surface area contributed by atoms with Gasteiger partial charge in [0, 0.05) is 0 Å². The molecular formula is C40H36O8. The maximum Gasteiger partial charge on any atom is 0.335 e. The summed E-state index contributed by atoms with van der Waals surface area (Å²) in [5.74, 6) is -3.83. The molecular weight excluding hydrogens is 608 g/mol. The van der Waals surface area contributed by atoms with E-state index >= 15 is 0 Å². The molecule has 4 rings (SSSR count). The maximum atomic E-state index is 11.2. The molecule has 0 atom stereocenters. The molecule has 0 aliphatic rings. The van der Waals surface area contributed by atoms with Crippen LogP contribution in [0.15, 0.2) is 98.1 Å². The quantitative estimate of drug-likeness (QED) is 0.0885. The Kier molecular flexibility index (Phi) is 12.7. The van der Waals surface area contributed by atoms with Crippen LogP contribution in [0.1, 0.15) is 85.9 Å². The van der Waals surface area contributed by atoms with Crippen LogP contribution in [0.5, 0.6) is 0 Å². The van der Waals surface area contributed by atoms with Crippen molar-refractivity contribution in [3.05, 3.63) is 165 Å². The molecule has 0 aliphatic heterocycles. The number of carbonyl (C=O) groups is 4. The Balaban J connectivity index is 0.000000264.